The number of terminal acetylenes is 1. The molecule has 0 aliphatic carbocycles. The second-order valence-electron chi connectivity index (χ2n) is 7.63. The fourth-order valence-electron chi connectivity index (χ4n) is 1.50. The Morgan fingerprint density at radius 1 is 1.03 bits per heavy atom. The van der Waals surface area contributed by atoms with Crippen molar-refractivity contribution in [1.82, 2.24) is 0 Å². The predicted octanol–water partition coefficient (Wildman–Crippen LogP) is 1.42. The topological polar surface area (TPSA) is 184 Å². The summed E-state index contributed by atoms with van der Waals surface area (Å²) in [4.78, 5) is 0. The molecule has 1 aromatic rings. The molecule has 0 amide bonds. The first-order valence-corrected chi connectivity index (χ1v) is 11.9. The maximum Gasteiger partial charge on any atom is 0.266 e. The van der Waals surface area contributed by atoms with Crippen molar-refractivity contribution in [3.8, 4) is 12.3 Å². The van der Waals surface area contributed by atoms with E-state index in [4.69, 9.17) is 33.2 Å². The summed E-state index contributed by atoms with van der Waals surface area (Å²) in [5, 5.41) is 0. The molecule has 0 aliphatic rings. The Bertz CT molecular complexity index is 664. The van der Waals surface area contributed by atoms with Crippen LogP contribution in [0.25, 0.3) is 0 Å². The summed E-state index contributed by atoms with van der Waals surface area (Å²) in [5.74, 6) is 1.85. The van der Waals surface area contributed by atoms with Crippen LogP contribution in [0.4, 0.5) is 0 Å². The van der Waals surface area contributed by atoms with E-state index in [0.29, 0.717) is 18.5 Å². The average Bonchev–Trinajstić information content (AvgIpc) is 2.69. The molecule has 0 radical (unpaired) electrons. The fraction of sp³-hybridized carbons (Fsp3) is 0.565. The molecular formula is C23H47N5O3S. The molecule has 0 atom stereocenters. The van der Waals surface area contributed by atoms with E-state index in [2.05, 4.69) is 70.9 Å². The quantitative estimate of drug-likeness (QED) is 0.203. The van der Waals surface area contributed by atoms with Gasteiger partial charge in [0.2, 0.25) is 0 Å². The largest absolute Gasteiger partial charge is 0.330 e. The van der Waals surface area contributed by atoms with Crippen LogP contribution in [-0.4, -0.2) is 51.4 Å². The molecule has 11 N–H and O–H groups in total. The third-order valence-electron chi connectivity index (χ3n) is 3.11. The van der Waals surface area contributed by atoms with Crippen LogP contribution in [0.15, 0.2) is 36.9 Å². The molecule has 1 rings (SSSR count). The monoisotopic (exact) mass is 473 g/mol. The second-order valence-corrected chi connectivity index (χ2v) is 9.20. The van der Waals surface area contributed by atoms with Crippen LogP contribution in [-0.2, 0) is 16.5 Å². The van der Waals surface area contributed by atoms with E-state index < -0.39 is 10.1 Å². The van der Waals surface area contributed by atoms with Gasteiger partial charge in [-0.2, -0.15) is 8.42 Å². The molecule has 0 aliphatic heterocycles. The van der Waals surface area contributed by atoms with Crippen molar-refractivity contribution in [3.63, 3.8) is 0 Å². The number of hydrogen-bond acceptors (Lipinski definition) is 7. The highest BCUT2D eigenvalue weighted by Gasteiger charge is 2.06. The summed E-state index contributed by atoms with van der Waals surface area (Å²) in [6, 6.07) is 8.49. The lowest BCUT2D eigenvalue weighted by atomic mass is 9.93. The molecule has 0 fully saturated rings. The molecule has 0 spiro atoms. The van der Waals surface area contributed by atoms with Crippen LogP contribution in [0.3, 0.4) is 0 Å². The Balaban J connectivity index is -0.000000161. The SMILES string of the molecule is C#CCN.C=CCN.CC(C)(C)CCN.Cc1ccc(CCN)cc1.NCCS(=O)(=O)O. The minimum Gasteiger partial charge on any atom is -0.330 e. The summed E-state index contributed by atoms with van der Waals surface area (Å²) in [6.07, 6.45) is 8.41. The second kappa shape index (κ2) is 25.5. The Morgan fingerprint density at radius 2 is 1.47 bits per heavy atom. The van der Waals surface area contributed by atoms with Crippen molar-refractivity contribution < 1.29 is 13.0 Å². The van der Waals surface area contributed by atoms with Gasteiger partial charge in [-0.25, -0.2) is 0 Å². The summed E-state index contributed by atoms with van der Waals surface area (Å²) < 4.78 is 27.3. The van der Waals surface area contributed by atoms with Gasteiger partial charge in [0, 0.05) is 13.1 Å². The van der Waals surface area contributed by atoms with Gasteiger partial charge in [0.05, 0.1) is 12.3 Å². The molecule has 9 heteroatoms. The summed E-state index contributed by atoms with van der Waals surface area (Å²) in [7, 11) is -3.80. The highest BCUT2D eigenvalue weighted by atomic mass is 32.2. The predicted molar refractivity (Wildman–Crippen MR) is 140 cm³/mol. The van der Waals surface area contributed by atoms with Crippen molar-refractivity contribution in [2.45, 2.75) is 40.5 Å². The van der Waals surface area contributed by atoms with Gasteiger partial charge in [-0.05, 0) is 43.8 Å². The molecule has 0 saturated heterocycles. The molecule has 0 aromatic heterocycles. The van der Waals surface area contributed by atoms with Crippen LogP contribution >= 0.6 is 0 Å². The summed E-state index contributed by atoms with van der Waals surface area (Å²) in [5.41, 5.74) is 28.2. The smallest absolute Gasteiger partial charge is 0.266 e. The van der Waals surface area contributed by atoms with Gasteiger partial charge in [-0.3, -0.25) is 4.55 Å². The number of rotatable bonds is 6. The molecule has 1 aromatic carbocycles. The molecular weight excluding hydrogens is 426 g/mol. The van der Waals surface area contributed by atoms with E-state index in [0.717, 1.165) is 25.9 Å². The molecule has 8 nitrogen and oxygen atoms in total. The Hall–Kier alpha value is -1.77. The van der Waals surface area contributed by atoms with Gasteiger partial charge >= 0.3 is 0 Å². The van der Waals surface area contributed by atoms with Crippen LogP contribution in [0.2, 0.25) is 0 Å². The Labute approximate surface area is 196 Å². The highest BCUT2D eigenvalue weighted by molar-refractivity contribution is 7.85. The van der Waals surface area contributed by atoms with Gasteiger partial charge in [0.1, 0.15) is 0 Å². The number of aryl methyl sites for hydroxylation is 1. The van der Waals surface area contributed by atoms with Crippen LogP contribution < -0.4 is 28.7 Å². The third-order valence-corrected chi connectivity index (χ3v) is 3.86. The van der Waals surface area contributed by atoms with Crippen molar-refractivity contribution in [2.75, 3.05) is 38.5 Å². The molecule has 188 valence electrons. The zero-order chi connectivity index (χ0) is 26.1. The van der Waals surface area contributed by atoms with E-state index in [1.165, 1.54) is 11.1 Å². The minimum atomic E-state index is -3.80. The third kappa shape index (κ3) is 46.4. The van der Waals surface area contributed by atoms with E-state index in [9.17, 15) is 8.42 Å². The minimum absolute atomic E-state index is 0.0289. The normalized spacial score (nSPS) is 9.66. The Morgan fingerprint density at radius 3 is 1.62 bits per heavy atom. The number of nitrogens with two attached hydrogens (primary N) is 5. The maximum absolute atomic E-state index is 9.71. The number of hydrogen-bond donors (Lipinski definition) is 6. The Kier molecular flexibility index (Phi) is 29.9. The molecule has 0 unspecified atom stereocenters. The molecule has 0 saturated carbocycles. The highest BCUT2D eigenvalue weighted by Crippen LogP contribution is 2.16. The van der Waals surface area contributed by atoms with E-state index >= 15 is 0 Å². The lowest BCUT2D eigenvalue weighted by molar-refractivity contribution is 0.385. The molecule has 32 heavy (non-hydrogen) atoms. The summed E-state index contributed by atoms with van der Waals surface area (Å²) in [6.45, 7) is 14.5. The zero-order valence-electron chi connectivity index (χ0n) is 20.4. The van der Waals surface area contributed by atoms with Gasteiger partial charge < -0.3 is 28.7 Å². The fourth-order valence-corrected chi connectivity index (χ4v) is 1.80. The van der Waals surface area contributed by atoms with E-state index in [1.54, 1.807) is 6.08 Å². The number of benzene rings is 1. The lowest BCUT2D eigenvalue weighted by Crippen LogP contribution is -2.13. The summed E-state index contributed by atoms with van der Waals surface area (Å²) >= 11 is 0. The van der Waals surface area contributed by atoms with E-state index in [-0.39, 0.29) is 12.3 Å². The van der Waals surface area contributed by atoms with Crippen molar-refractivity contribution in [1.29, 1.82) is 0 Å². The van der Waals surface area contributed by atoms with Gasteiger partial charge in [-0.15, -0.1) is 13.0 Å². The van der Waals surface area contributed by atoms with E-state index in [1.807, 2.05) is 0 Å². The van der Waals surface area contributed by atoms with Crippen molar-refractivity contribution in [3.05, 3.63) is 48.0 Å². The van der Waals surface area contributed by atoms with Gasteiger partial charge in [0.25, 0.3) is 10.1 Å². The standard InChI is InChI=1S/C9H13N.C6H15N.C3H7N.C3H5N.C2H7NO3S/c1-8-2-4-9(5-3-8)6-7-10;1-6(2,3)4-5-7;2*1-2-3-4;3-1-2-7(4,5)6/h2-5H,6-7,10H2,1H3;4-5,7H2,1-3H3;2H,1,3-4H2;1H,3-4H2;1-3H2,(H,4,5,6). The van der Waals surface area contributed by atoms with Crippen LogP contribution in [0, 0.1) is 24.7 Å². The first-order chi connectivity index (χ1) is 14.8. The van der Waals surface area contributed by atoms with Crippen molar-refractivity contribution in [2.24, 2.45) is 34.1 Å². The molecule has 0 bridgehead atoms. The van der Waals surface area contributed by atoms with Gasteiger partial charge in [-0.1, -0.05) is 62.6 Å². The lowest BCUT2D eigenvalue weighted by Gasteiger charge is -2.15. The average molecular weight is 474 g/mol. The van der Waals surface area contributed by atoms with Crippen LogP contribution in [0.1, 0.15) is 38.3 Å². The van der Waals surface area contributed by atoms with Crippen LogP contribution in [0.5, 0.6) is 0 Å². The molecule has 0 heterocycles. The van der Waals surface area contributed by atoms with Gasteiger partial charge in [0.15, 0.2) is 0 Å². The zero-order valence-corrected chi connectivity index (χ0v) is 21.2. The first-order valence-electron chi connectivity index (χ1n) is 10.3. The first kappa shape index (κ1) is 37.5. The maximum atomic E-state index is 9.71. The van der Waals surface area contributed by atoms with Crippen molar-refractivity contribution >= 4 is 10.1 Å².